The highest BCUT2D eigenvalue weighted by atomic mass is 28.4. The number of nitrogens with zero attached hydrogens (tertiary/aromatic N) is 1. The number of hydrogen-bond donors (Lipinski definition) is 3. The maximum absolute atomic E-state index is 12.6. The topological polar surface area (TPSA) is 115 Å². The summed E-state index contributed by atoms with van der Waals surface area (Å²) in [6, 6.07) is -0.636. The van der Waals surface area contributed by atoms with Crippen molar-refractivity contribution in [3.63, 3.8) is 0 Å². The van der Waals surface area contributed by atoms with Crippen molar-refractivity contribution in [3.05, 3.63) is 0 Å². The number of nitrogens with two attached hydrogens (primary N) is 1. The smallest absolute Gasteiger partial charge is 0.360 e. The van der Waals surface area contributed by atoms with Crippen molar-refractivity contribution in [1.29, 1.82) is 0 Å². The summed E-state index contributed by atoms with van der Waals surface area (Å²) >= 11 is 0. The van der Waals surface area contributed by atoms with Crippen LogP contribution in [0.25, 0.3) is 0 Å². The number of rotatable bonds is 19. The van der Waals surface area contributed by atoms with Gasteiger partial charge in [0.2, 0.25) is 0 Å². The van der Waals surface area contributed by atoms with Crippen LogP contribution in [0, 0.1) is 0 Å². The second-order valence-electron chi connectivity index (χ2n) is 7.35. The second kappa shape index (κ2) is 18.4. The molecular weight excluding hydrogens is 404 g/mol. The van der Waals surface area contributed by atoms with Crippen LogP contribution in [0.5, 0.6) is 0 Å². The summed E-state index contributed by atoms with van der Waals surface area (Å²) in [7, 11) is 1.39. The molecule has 0 aromatic carbocycles. The van der Waals surface area contributed by atoms with Crippen LogP contribution in [-0.4, -0.2) is 66.6 Å². The molecule has 0 bridgehead atoms. The first kappa shape index (κ1) is 28.6. The van der Waals surface area contributed by atoms with Gasteiger partial charge in [0, 0.05) is 41.0 Å². The Morgan fingerprint density at radius 1 is 0.767 bits per heavy atom. The van der Waals surface area contributed by atoms with Crippen LogP contribution in [0.2, 0.25) is 0 Å². The van der Waals surface area contributed by atoms with Crippen molar-refractivity contribution < 1.29 is 22.9 Å². The molecule has 0 radical (unpaired) electrons. The quantitative estimate of drug-likeness (QED) is 0.207. The van der Waals surface area contributed by atoms with Gasteiger partial charge in [-0.3, -0.25) is 4.57 Å². The second-order valence-corrected chi connectivity index (χ2v) is 10.2. The van der Waals surface area contributed by atoms with E-state index in [-0.39, 0.29) is 6.03 Å². The fourth-order valence-corrected chi connectivity index (χ4v) is 5.32. The van der Waals surface area contributed by atoms with Crippen molar-refractivity contribution in [2.24, 2.45) is 5.73 Å². The summed E-state index contributed by atoms with van der Waals surface area (Å²) in [5.74, 6) is 0. The van der Waals surface area contributed by atoms with Crippen molar-refractivity contribution in [1.82, 2.24) is 15.2 Å². The highest BCUT2D eigenvalue weighted by Gasteiger charge is 2.49. The van der Waals surface area contributed by atoms with E-state index < -0.39 is 15.0 Å². The summed E-state index contributed by atoms with van der Waals surface area (Å²) in [6.07, 6.45) is 12.3. The predicted octanol–water partition coefficient (Wildman–Crippen LogP) is 3.35. The molecule has 9 nitrogen and oxygen atoms in total. The van der Waals surface area contributed by atoms with Gasteiger partial charge in [-0.05, 0) is 19.3 Å². The van der Waals surface area contributed by atoms with Crippen molar-refractivity contribution in [3.8, 4) is 0 Å². The molecule has 10 heteroatoms. The standard InChI is InChI=1S/C20H44N4O5Si/c1-5-18-24(30(27-2,28-3)29-4)20(26)23-17-15-13-11-9-7-6-8-10-12-14-16-22-19(21)25/h5-18H2,1-4H3,(H,23,26)(H3,21,22,25). The lowest BCUT2D eigenvalue weighted by Crippen LogP contribution is -2.64. The Bertz CT molecular complexity index is 445. The molecular formula is C20H44N4O5Si. The van der Waals surface area contributed by atoms with Gasteiger partial charge in [-0.1, -0.05) is 58.3 Å². The van der Waals surface area contributed by atoms with Crippen LogP contribution in [-0.2, 0) is 13.3 Å². The van der Waals surface area contributed by atoms with Gasteiger partial charge in [0.05, 0.1) is 0 Å². The third-order valence-electron chi connectivity index (χ3n) is 4.98. The van der Waals surface area contributed by atoms with Crippen LogP contribution >= 0.6 is 0 Å². The van der Waals surface area contributed by atoms with Crippen molar-refractivity contribution in [2.75, 3.05) is 41.0 Å². The van der Waals surface area contributed by atoms with Gasteiger partial charge >= 0.3 is 21.0 Å². The maximum Gasteiger partial charge on any atom is 0.636 e. The summed E-state index contributed by atoms with van der Waals surface area (Å²) in [6.45, 7) is 3.84. The predicted molar refractivity (Wildman–Crippen MR) is 121 cm³/mol. The third-order valence-corrected chi connectivity index (χ3v) is 7.61. The van der Waals surface area contributed by atoms with Gasteiger partial charge < -0.3 is 29.6 Å². The van der Waals surface area contributed by atoms with E-state index in [0.717, 1.165) is 32.1 Å². The van der Waals surface area contributed by atoms with E-state index in [0.29, 0.717) is 19.6 Å². The van der Waals surface area contributed by atoms with Gasteiger partial charge in [-0.2, -0.15) is 0 Å². The zero-order valence-electron chi connectivity index (χ0n) is 19.5. The van der Waals surface area contributed by atoms with Gasteiger partial charge in [0.15, 0.2) is 0 Å². The Morgan fingerprint density at radius 2 is 1.17 bits per heavy atom. The molecule has 0 saturated heterocycles. The van der Waals surface area contributed by atoms with E-state index >= 15 is 0 Å². The average molecular weight is 449 g/mol. The molecule has 0 aromatic heterocycles. The molecule has 0 heterocycles. The molecule has 30 heavy (non-hydrogen) atoms. The highest BCUT2D eigenvalue weighted by Crippen LogP contribution is 2.14. The Kier molecular flexibility index (Phi) is 17.6. The number of primary amides is 1. The summed E-state index contributed by atoms with van der Waals surface area (Å²) < 4.78 is 17.9. The molecule has 0 atom stereocenters. The van der Waals surface area contributed by atoms with Crippen LogP contribution in [0.3, 0.4) is 0 Å². The molecule has 0 unspecified atom stereocenters. The summed E-state index contributed by atoms with van der Waals surface area (Å²) in [5, 5.41) is 5.58. The minimum absolute atomic E-state index is 0.194. The number of amides is 4. The Morgan fingerprint density at radius 3 is 1.53 bits per heavy atom. The first-order valence-corrected chi connectivity index (χ1v) is 12.9. The van der Waals surface area contributed by atoms with Crippen LogP contribution < -0.4 is 16.4 Å². The molecule has 4 amide bonds. The maximum atomic E-state index is 12.6. The fourth-order valence-electron chi connectivity index (χ4n) is 3.33. The molecule has 0 fully saturated rings. The van der Waals surface area contributed by atoms with E-state index in [1.54, 1.807) is 4.57 Å². The molecule has 0 spiro atoms. The van der Waals surface area contributed by atoms with Crippen LogP contribution in [0.15, 0.2) is 0 Å². The Hall–Kier alpha value is -1.36. The fraction of sp³-hybridized carbons (Fsp3) is 0.900. The number of nitrogens with one attached hydrogen (secondary N) is 2. The van der Waals surface area contributed by atoms with E-state index in [2.05, 4.69) is 10.6 Å². The lowest BCUT2D eigenvalue weighted by molar-refractivity contribution is 0.0682. The van der Waals surface area contributed by atoms with E-state index in [1.807, 2.05) is 6.92 Å². The van der Waals surface area contributed by atoms with Crippen molar-refractivity contribution in [2.45, 2.75) is 77.6 Å². The molecule has 0 aliphatic heterocycles. The molecule has 0 rings (SSSR count). The molecule has 0 aliphatic rings. The van der Waals surface area contributed by atoms with Crippen molar-refractivity contribution >= 4 is 21.0 Å². The molecule has 0 aliphatic carbocycles. The third kappa shape index (κ3) is 12.4. The summed E-state index contributed by atoms with van der Waals surface area (Å²) in [5.41, 5.74) is 5.02. The zero-order valence-corrected chi connectivity index (χ0v) is 20.5. The monoisotopic (exact) mass is 448 g/mol. The van der Waals surface area contributed by atoms with E-state index in [9.17, 15) is 9.59 Å². The molecule has 4 N–H and O–H groups in total. The largest absolute Gasteiger partial charge is 0.636 e. The zero-order chi connectivity index (χ0) is 22.7. The molecule has 0 saturated carbocycles. The van der Waals surface area contributed by atoms with Gasteiger partial charge in [0.25, 0.3) is 0 Å². The Labute approximate surface area is 183 Å². The SMILES string of the molecule is CCCN(C(=O)NCCCCCCCCCCCCNC(N)=O)[Si](OC)(OC)OC. The number of urea groups is 2. The number of hydrogen-bond acceptors (Lipinski definition) is 5. The normalized spacial score (nSPS) is 11.3. The minimum Gasteiger partial charge on any atom is -0.360 e. The lowest BCUT2D eigenvalue weighted by atomic mass is 10.1. The highest BCUT2D eigenvalue weighted by molar-refractivity contribution is 6.60. The number of carbonyl (C=O) groups is 2. The first-order valence-electron chi connectivity index (χ1n) is 11.2. The van der Waals surface area contributed by atoms with Crippen LogP contribution in [0.4, 0.5) is 9.59 Å². The average Bonchev–Trinajstić information content (AvgIpc) is 2.74. The van der Waals surface area contributed by atoms with Gasteiger partial charge in [0.1, 0.15) is 0 Å². The number of carbonyl (C=O) groups excluding carboxylic acids is 2. The first-order chi connectivity index (χ1) is 14.5. The molecule has 178 valence electrons. The van der Waals surface area contributed by atoms with Gasteiger partial charge in [-0.15, -0.1) is 0 Å². The summed E-state index contributed by atoms with van der Waals surface area (Å²) in [4.78, 5) is 23.1. The van der Waals surface area contributed by atoms with E-state index in [1.165, 1.54) is 59.9 Å². The van der Waals surface area contributed by atoms with Gasteiger partial charge in [-0.25, -0.2) is 9.59 Å². The Balaban J connectivity index is 3.77. The minimum atomic E-state index is -3.14. The lowest BCUT2D eigenvalue weighted by Gasteiger charge is -2.34. The van der Waals surface area contributed by atoms with E-state index in [4.69, 9.17) is 19.0 Å². The molecule has 0 aromatic rings. The van der Waals surface area contributed by atoms with Crippen LogP contribution in [0.1, 0.15) is 77.6 Å². The number of unbranched alkanes of at least 4 members (excludes halogenated alkanes) is 9.